The van der Waals surface area contributed by atoms with Crippen LogP contribution in [-0.4, -0.2) is 19.5 Å². The third-order valence-electron chi connectivity index (χ3n) is 1.77. The average Bonchev–Trinajstić information content (AvgIpc) is 2.67. The second kappa shape index (κ2) is 4.19. The molecule has 0 amide bonds. The molecule has 0 aliphatic carbocycles. The lowest BCUT2D eigenvalue weighted by Gasteiger charge is -1.98. The fourth-order valence-corrected chi connectivity index (χ4v) is 1.27. The van der Waals surface area contributed by atoms with Crippen molar-refractivity contribution in [2.75, 3.05) is 0 Å². The normalized spacial score (nSPS) is 10.4. The van der Waals surface area contributed by atoms with Crippen molar-refractivity contribution in [3.8, 4) is 0 Å². The maximum atomic E-state index is 5.64. The van der Waals surface area contributed by atoms with Gasteiger partial charge in [-0.05, 0) is 6.07 Å². The fourth-order valence-electron chi connectivity index (χ4n) is 1.14. The molecule has 0 saturated heterocycles. The molecule has 0 aliphatic rings. The first-order valence-corrected chi connectivity index (χ1v) is 4.74. The van der Waals surface area contributed by atoms with Gasteiger partial charge >= 0.3 is 0 Å². The zero-order valence-electron chi connectivity index (χ0n) is 7.47. The first kappa shape index (κ1) is 9.15. The third-order valence-corrected chi connectivity index (χ3v) is 2.04. The highest BCUT2D eigenvalue weighted by Crippen LogP contribution is 2.01. The van der Waals surface area contributed by atoms with Crippen molar-refractivity contribution in [1.29, 1.82) is 0 Å². The summed E-state index contributed by atoms with van der Waals surface area (Å²) in [6.07, 6.45) is 7.07. The minimum atomic E-state index is 0.433. The Hall–Kier alpha value is -1.42. The first-order chi connectivity index (χ1) is 6.88. The lowest BCUT2D eigenvalue weighted by atomic mass is 10.5. The maximum absolute atomic E-state index is 5.64. The molecule has 0 bridgehead atoms. The number of nitrogens with zero attached hydrogens (tertiary/aromatic N) is 4. The molecule has 0 unspecified atom stereocenters. The SMILES string of the molecule is ClCc1cn(Cc2ncccn2)cn1. The largest absolute Gasteiger partial charge is 0.330 e. The van der Waals surface area contributed by atoms with Crippen molar-refractivity contribution in [2.45, 2.75) is 12.4 Å². The fraction of sp³-hybridized carbons (Fsp3) is 0.222. The Bertz CT molecular complexity index is 398. The maximum Gasteiger partial charge on any atom is 0.147 e. The molecular formula is C9H9ClN4. The van der Waals surface area contributed by atoms with Gasteiger partial charge in [0.25, 0.3) is 0 Å². The van der Waals surface area contributed by atoms with E-state index >= 15 is 0 Å². The summed E-state index contributed by atoms with van der Waals surface area (Å²) in [5, 5.41) is 0. The lowest BCUT2D eigenvalue weighted by Crippen LogP contribution is -2.00. The molecule has 5 heteroatoms. The van der Waals surface area contributed by atoms with Gasteiger partial charge < -0.3 is 4.57 Å². The number of hydrogen-bond donors (Lipinski definition) is 0. The topological polar surface area (TPSA) is 43.6 Å². The number of alkyl halides is 1. The van der Waals surface area contributed by atoms with Gasteiger partial charge in [0.1, 0.15) is 5.82 Å². The van der Waals surface area contributed by atoms with E-state index in [2.05, 4.69) is 15.0 Å². The molecule has 0 fully saturated rings. The summed E-state index contributed by atoms with van der Waals surface area (Å²) in [4.78, 5) is 12.3. The van der Waals surface area contributed by atoms with Crippen LogP contribution in [0.2, 0.25) is 0 Å². The number of hydrogen-bond acceptors (Lipinski definition) is 3. The van der Waals surface area contributed by atoms with E-state index in [4.69, 9.17) is 11.6 Å². The van der Waals surface area contributed by atoms with Gasteiger partial charge in [0, 0.05) is 18.6 Å². The van der Waals surface area contributed by atoms with Gasteiger partial charge in [0.05, 0.1) is 24.4 Å². The summed E-state index contributed by atoms with van der Waals surface area (Å²) >= 11 is 5.64. The second-order valence-corrected chi connectivity index (χ2v) is 3.10. The van der Waals surface area contributed by atoms with E-state index in [0.29, 0.717) is 12.4 Å². The Morgan fingerprint density at radius 3 is 2.64 bits per heavy atom. The molecule has 14 heavy (non-hydrogen) atoms. The van der Waals surface area contributed by atoms with Crippen LogP contribution in [0.4, 0.5) is 0 Å². The van der Waals surface area contributed by atoms with E-state index in [0.717, 1.165) is 11.5 Å². The Labute approximate surface area is 86.6 Å². The van der Waals surface area contributed by atoms with Gasteiger partial charge in [0.2, 0.25) is 0 Å². The molecule has 0 aromatic carbocycles. The molecule has 2 aromatic heterocycles. The molecule has 2 heterocycles. The second-order valence-electron chi connectivity index (χ2n) is 2.84. The molecule has 0 N–H and O–H groups in total. The van der Waals surface area contributed by atoms with Crippen molar-refractivity contribution < 1.29 is 0 Å². The van der Waals surface area contributed by atoms with Gasteiger partial charge in [0.15, 0.2) is 0 Å². The van der Waals surface area contributed by atoms with Crippen molar-refractivity contribution in [3.63, 3.8) is 0 Å². The molecule has 2 aromatic rings. The van der Waals surface area contributed by atoms with Crippen LogP contribution in [0, 0.1) is 0 Å². The van der Waals surface area contributed by atoms with Gasteiger partial charge in [-0.3, -0.25) is 0 Å². The predicted octanol–water partition coefficient (Wildman–Crippen LogP) is 1.46. The minimum Gasteiger partial charge on any atom is -0.330 e. The molecule has 2 rings (SSSR count). The van der Waals surface area contributed by atoms with Crippen LogP contribution in [-0.2, 0) is 12.4 Å². The molecule has 72 valence electrons. The number of aromatic nitrogens is 4. The zero-order valence-corrected chi connectivity index (χ0v) is 8.22. The molecule has 0 aliphatic heterocycles. The molecule has 0 radical (unpaired) electrons. The van der Waals surface area contributed by atoms with Crippen molar-refractivity contribution in [1.82, 2.24) is 19.5 Å². The summed E-state index contributed by atoms with van der Waals surface area (Å²) in [7, 11) is 0. The monoisotopic (exact) mass is 208 g/mol. The van der Waals surface area contributed by atoms with Crippen molar-refractivity contribution in [3.05, 3.63) is 42.5 Å². The Morgan fingerprint density at radius 2 is 2.00 bits per heavy atom. The molecule has 4 nitrogen and oxygen atoms in total. The number of halogens is 1. The van der Waals surface area contributed by atoms with Gasteiger partial charge in [-0.25, -0.2) is 15.0 Å². The highest BCUT2D eigenvalue weighted by atomic mass is 35.5. The van der Waals surface area contributed by atoms with Crippen LogP contribution in [0.3, 0.4) is 0 Å². The van der Waals surface area contributed by atoms with Crippen molar-refractivity contribution in [2.24, 2.45) is 0 Å². The molecular weight excluding hydrogens is 200 g/mol. The van der Waals surface area contributed by atoms with E-state index in [1.54, 1.807) is 24.8 Å². The van der Waals surface area contributed by atoms with E-state index < -0.39 is 0 Å². The van der Waals surface area contributed by atoms with Gasteiger partial charge in [-0.2, -0.15) is 0 Å². The van der Waals surface area contributed by atoms with Crippen molar-refractivity contribution >= 4 is 11.6 Å². The predicted molar refractivity (Wildman–Crippen MR) is 52.9 cm³/mol. The highest BCUT2D eigenvalue weighted by Gasteiger charge is 1.99. The zero-order chi connectivity index (χ0) is 9.80. The first-order valence-electron chi connectivity index (χ1n) is 4.21. The van der Waals surface area contributed by atoms with Crippen LogP contribution in [0.1, 0.15) is 11.5 Å². The summed E-state index contributed by atoms with van der Waals surface area (Å²) in [6, 6.07) is 1.79. The van der Waals surface area contributed by atoms with Crippen LogP contribution >= 0.6 is 11.6 Å². The van der Waals surface area contributed by atoms with E-state index in [1.807, 2.05) is 10.8 Å². The van der Waals surface area contributed by atoms with Crippen LogP contribution in [0.25, 0.3) is 0 Å². The summed E-state index contributed by atoms with van der Waals surface area (Å²) in [6.45, 7) is 0.630. The minimum absolute atomic E-state index is 0.433. The van der Waals surface area contributed by atoms with E-state index in [9.17, 15) is 0 Å². The van der Waals surface area contributed by atoms with Crippen LogP contribution in [0.15, 0.2) is 31.0 Å². The average molecular weight is 209 g/mol. The summed E-state index contributed by atoms with van der Waals surface area (Å²) in [5.41, 5.74) is 0.864. The third kappa shape index (κ3) is 2.09. The molecule has 0 saturated carbocycles. The number of rotatable bonds is 3. The summed E-state index contributed by atoms with van der Waals surface area (Å²) < 4.78 is 1.91. The van der Waals surface area contributed by atoms with Crippen LogP contribution in [0.5, 0.6) is 0 Å². The Balaban J connectivity index is 2.11. The van der Waals surface area contributed by atoms with Gasteiger partial charge in [-0.1, -0.05) is 0 Å². The summed E-state index contributed by atoms with van der Waals surface area (Å²) in [5.74, 6) is 1.20. The van der Waals surface area contributed by atoms with Crippen LogP contribution < -0.4 is 0 Å². The van der Waals surface area contributed by atoms with E-state index in [1.165, 1.54) is 0 Å². The molecule has 0 spiro atoms. The smallest absolute Gasteiger partial charge is 0.147 e. The Morgan fingerprint density at radius 1 is 1.21 bits per heavy atom. The lowest BCUT2D eigenvalue weighted by molar-refractivity contribution is 0.742. The van der Waals surface area contributed by atoms with E-state index in [-0.39, 0.29) is 0 Å². The highest BCUT2D eigenvalue weighted by molar-refractivity contribution is 6.16. The quantitative estimate of drug-likeness (QED) is 0.718. The number of imidazole rings is 1. The standard InChI is InChI=1S/C9H9ClN4/c10-4-8-5-14(7-13-8)6-9-11-2-1-3-12-9/h1-3,5,7H,4,6H2. The van der Waals surface area contributed by atoms with Gasteiger partial charge in [-0.15, -0.1) is 11.6 Å². The Kier molecular flexibility index (Phi) is 2.74. The molecule has 0 atom stereocenters.